The Hall–Kier alpha value is -1.36. The van der Waals surface area contributed by atoms with E-state index in [1.807, 2.05) is 0 Å². The Bertz CT molecular complexity index is 349. The third kappa shape index (κ3) is 1.21. The minimum atomic E-state index is -0.991. The van der Waals surface area contributed by atoms with Crippen LogP contribution in [0.4, 0.5) is 0 Å². The van der Waals surface area contributed by atoms with Crippen LogP contribution in [0.15, 0.2) is 6.20 Å². The van der Waals surface area contributed by atoms with Crippen LogP contribution in [0.25, 0.3) is 0 Å². The van der Waals surface area contributed by atoms with E-state index in [1.54, 1.807) is 7.11 Å². The molecule has 1 saturated carbocycles. The molecule has 5 nitrogen and oxygen atoms in total. The predicted octanol–water partition coefficient (Wildman–Crippen LogP) is 1.13. The van der Waals surface area contributed by atoms with E-state index in [0.29, 0.717) is 5.82 Å². The van der Waals surface area contributed by atoms with Crippen molar-refractivity contribution in [2.24, 2.45) is 0 Å². The van der Waals surface area contributed by atoms with Crippen LogP contribution in [0.2, 0.25) is 0 Å². The van der Waals surface area contributed by atoms with E-state index in [0.717, 1.165) is 19.3 Å². The standard InChI is InChI=1S/C9H12N2O3/c1-14-9(3-2-4-9)8-10-5-6(11-8)7(12)13/h5H,2-4H2,1H3,(H,10,11)(H,12,13). The molecule has 0 spiro atoms. The highest BCUT2D eigenvalue weighted by Crippen LogP contribution is 2.42. The maximum Gasteiger partial charge on any atom is 0.353 e. The monoisotopic (exact) mass is 196 g/mol. The van der Waals surface area contributed by atoms with Gasteiger partial charge in [0, 0.05) is 7.11 Å². The Morgan fingerprint density at radius 1 is 1.71 bits per heavy atom. The number of carbonyl (C=O) groups is 1. The number of hydrogen-bond donors (Lipinski definition) is 2. The number of H-pyrrole nitrogens is 1. The lowest BCUT2D eigenvalue weighted by atomic mass is 9.79. The quantitative estimate of drug-likeness (QED) is 0.759. The van der Waals surface area contributed by atoms with Crippen molar-refractivity contribution in [2.75, 3.05) is 7.11 Å². The fraction of sp³-hybridized carbons (Fsp3) is 0.556. The summed E-state index contributed by atoms with van der Waals surface area (Å²) < 4.78 is 5.37. The number of aromatic carboxylic acids is 1. The van der Waals surface area contributed by atoms with Crippen LogP contribution in [0.1, 0.15) is 35.6 Å². The van der Waals surface area contributed by atoms with E-state index >= 15 is 0 Å². The predicted molar refractivity (Wildman–Crippen MR) is 48.1 cm³/mol. The molecule has 14 heavy (non-hydrogen) atoms. The number of hydrogen-bond acceptors (Lipinski definition) is 3. The fourth-order valence-corrected chi connectivity index (χ4v) is 1.70. The summed E-state index contributed by atoms with van der Waals surface area (Å²) in [6.07, 6.45) is 4.22. The second kappa shape index (κ2) is 3.09. The molecule has 1 aliphatic rings. The molecule has 0 bridgehead atoms. The van der Waals surface area contributed by atoms with Gasteiger partial charge in [-0.25, -0.2) is 9.78 Å². The van der Waals surface area contributed by atoms with Gasteiger partial charge in [0.2, 0.25) is 0 Å². The van der Waals surface area contributed by atoms with Crippen LogP contribution >= 0.6 is 0 Å². The van der Waals surface area contributed by atoms with Crippen LogP contribution in [-0.2, 0) is 10.3 Å². The number of carboxylic acids is 1. The summed E-state index contributed by atoms with van der Waals surface area (Å²) in [7, 11) is 1.63. The number of nitrogens with zero attached hydrogens (tertiary/aromatic N) is 1. The highest BCUT2D eigenvalue weighted by atomic mass is 16.5. The van der Waals surface area contributed by atoms with Gasteiger partial charge in [-0.15, -0.1) is 0 Å². The molecular formula is C9H12N2O3. The first-order chi connectivity index (χ1) is 6.68. The van der Waals surface area contributed by atoms with Gasteiger partial charge in [-0.05, 0) is 19.3 Å². The molecular weight excluding hydrogens is 184 g/mol. The van der Waals surface area contributed by atoms with Gasteiger partial charge in [0.25, 0.3) is 0 Å². The number of aromatic nitrogens is 2. The highest BCUT2D eigenvalue weighted by molar-refractivity contribution is 5.85. The van der Waals surface area contributed by atoms with Crippen molar-refractivity contribution < 1.29 is 14.6 Å². The van der Waals surface area contributed by atoms with Gasteiger partial charge in [-0.2, -0.15) is 0 Å². The van der Waals surface area contributed by atoms with Gasteiger partial charge in [0.1, 0.15) is 17.1 Å². The van der Waals surface area contributed by atoms with E-state index in [-0.39, 0.29) is 11.3 Å². The Labute approximate surface area is 81.1 Å². The van der Waals surface area contributed by atoms with Crippen molar-refractivity contribution in [3.8, 4) is 0 Å². The van der Waals surface area contributed by atoms with Gasteiger partial charge < -0.3 is 14.8 Å². The molecule has 1 aromatic heterocycles. The molecule has 1 aliphatic carbocycles. The number of nitrogens with one attached hydrogen (secondary N) is 1. The molecule has 0 unspecified atom stereocenters. The van der Waals surface area contributed by atoms with Gasteiger partial charge >= 0.3 is 5.97 Å². The minimum Gasteiger partial charge on any atom is -0.477 e. The smallest absolute Gasteiger partial charge is 0.353 e. The van der Waals surface area contributed by atoms with E-state index < -0.39 is 5.97 Å². The summed E-state index contributed by atoms with van der Waals surface area (Å²) in [4.78, 5) is 17.4. The first-order valence-corrected chi connectivity index (χ1v) is 4.52. The van der Waals surface area contributed by atoms with Crippen molar-refractivity contribution in [3.63, 3.8) is 0 Å². The number of methoxy groups -OCH3 is 1. The zero-order chi connectivity index (χ0) is 10.2. The highest BCUT2D eigenvalue weighted by Gasteiger charge is 2.41. The zero-order valence-electron chi connectivity index (χ0n) is 7.91. The Morgan fingerprint density at radius 2 is 2.43 bits per heavy atom. The van der Waals surface area contributed by atoms with E-state index in [1.165, 1.54) is 6.20 Å². The van der Waals surface area contributed by atoms with Crippen LogP contribution in [0.3, 0.4) is 0 Å². The lowest BCUT2D eigenvalue weighted by Gasteiger charge is -2.38. The molecule has 1 heterocycles. The van der Waals surface area contributed by atoms with Crippen molar-refractivity contribution in [1.29, 1.82) is 0 Å². The van der Waals surface area contributed by atoms with Crippen molar-refractivity contribution in [1.82, 2.24) is 9.97 Å². The second-order valence-corrected chi connectivity index (χ2v) is 3.50. The van der Waals surface area contributed by atoms with Gasteiger partial charge in [-0.3, -0.25) is 0 Å². The molecule has 0 saturated heterocycles. The van der Waals surface area contributed by atoms with E-state index in [9.17, 15) is 4.79 Å². The average molecular weight is 196 g/mol. The van der Waals surface area contributed by atoms with Gasteiger partial charge in [0.05, 0.1) is 6.20 Å². The Morgan fingerprint density at radius 3 is 2.79 bits per heavy atom. The first-order valence-electron chi connectivity index (χ1n) is 4.52. The molecule has 76 valence electrons. The molecule has 1 aromatic rings. The summed E-state index contributed by atoms with van der Waals surface area (Å²) in [6.45, 7) is 0. The third-order valence-electron chi connectivity index (χ3n) is 2.79. The van der Waals surface area contributed by atoms with Crippen LogP contribution in [-0.4, -0.2) is 28.2 Å². The topological polar surface area (TPSA) is 75.2 Å². The summed E-state index contributed by atoms with van der Waals surface area (Å²) in [5, 5.41) is 8.72. The summed E-state index contributed by atoms with van der Waals surface area (Å²) >= 11 is 0. The van der Waals surface area contributed by atoms with Crippen molar-refractivity contribution in [2.45, 2.75) is 24.9 Å². The molecule has 1 fully saturated rings. The minimum absolute atomic E-state index is 0.114. The molecule has 0 radical (unpaired) electrons. The Balaban J connectivity index is 2.27. The normalized spacial score (nSPS) is 18.9. The van der Waals surface area contributed by atoms with Crippen molar-refractivity contribution in [3.05, 3.63) is 17.7 Å². The molecule has 2 N–H and O–H groups in total. The molecule has 5 heteroatoms. The summed E-state index contributed by atoms with van der Waals surface area (Å²) in [5.41, 5.74) is -0.253. The maximum absolute atomic E-state index is 10.6. The van der Waals surface area contributed by atoms with Crippen LogP contribution < -0.4 is 0 Å². The molecule has 0 aliphatic heterocycles. The van der Waals surface area contributed by atoms with E-state index in [2.05, 4.69) is 9.97 Å². The maximum atomic E-state index is 10.6. The van der Waals surface area contributed by atoms with Crippen LogP contribution in [0, 0.1) is 0 Å². The molecule has 2 rings (SSSR count). The lowest BCUT2D eigenvalue weighted by molar-refractivity contribution is -0.0841. The van der Waals surface area contributed by atoms with Gasteiger partial charge in [-0.1, -0.05) is 0 Å². The average Bonchev–Trinajstić information content (AvgIpc) is 2.52. The summed E-state index contributed by atoms with van der Waals surface area (Å²) in [5.74, 6) is -0.363. The number of ether oxygens (including phenoxy) is 1. The molecule has 0 aromatic carbocycles. The molecule has 0 atom stereocenters. The number of aromatic amines is 1. The fourth-order valence-electron chi connectivity index (χ4n) is 1.70. The third-order valence-corrected chi connectivity index (χ3v) is 2.79. The SMILES string of the molecule is COC1(c2ncc(C(=O)O)[nH]2)CCC1. The van der Waals surface area contributed by atoms with E-state index in [4.69, 9.17) is 9.84 Å². The number of rotatable bonds is 3. The van der Waals surface area contributed by atoms with Crippen LogP contribution in [0.5, 0.6) is 0 Å². The zero-order valence-corrected chi connectivity index (χ0v) is 7.91. The second-order valence-electron chi connectivity index (χ2n) is 3.50. The number of imidazole rings is 1. The summed E-state index contributed by atoms with van der Waals surface area (Å²) in [6, 6.07) is 0. The van der Waals surface area contributed by atoms with Crippen molar-refractivity contribution >= 4 is 5.97 Å². The largest absolute Gasteiger partial charge is 0.477 e. The molecule has 0 amide bonds. The first kappa shape index (κ1) is 9.21. The Kier molecular flexibility index (Phi) is 2.03. The number of carboxylic acid groups (broad SMARTS) is 1. The van der Waals surface area contributed by atoms with Gasteiger partial charge in [0.15, 0.2) is 0 Å². The lowest BCUT2D eigenvalue weighted by Crippen LogP contribution is -2.37.